The minimum Gasteiger partial charge on any atom is -0.507 e. The number of likely N-dealkylation sites (tertiary alicyclic amines) is 1. The molecule has 0 unspecified atom stereocenters. The molecule has 1 atom stereocenters. The van der Waals surface area contributed by atoms with Gasteiger partial charge in [-0.05, 0) is 42.3 Å². The first kappa shape index (κ1) is 25.0. The third-order valence-corrected chi connectivity index (χ3v) is 6.57. The van der Waals surface area contributed by atoms with Crippen molar-refractivity contribution in [2.24, 2.45) is 0 Å². The number of morpholine rings is 1. The van der Waals surface area contributed by atoms with Crippen molar-refractivity contribution in [3.63, 3.8) is 0 Å². The molecule has 35 heavy (non-hydrogen) atoms. The highest BCUT2D eigenvalue weighted by Gasteiger charge is 2.46. The Morgan fingerprint density at radius 1 is 1.06 bits per heavy atom. The molecular formula is C26H29ClN2O6. The first-order valence-electron chi connectivity index (χ1n) is 11.5. The van der Waals surface area contributed by atoms with E-state index in [1.54, 1.807) is 42.5 Å². The highest BCUT2D eigenvalue weighted by molar-refractivity contribution is 6.46. The number of ketones is 1. The van der Waals surface area contributed by atoms with E-state index in [-0.39, 0.29) is 11.3 Å². The van der Waals surface area contributed by atoms with Gasteiger partial charge in [-0.3, -0.25) is 14.5 Å². The standard InChI is InChI=1S/C26H29ClN2O6/c1-33-20-8-7-18(16-21(20)34-2)24(30)22-23(17-5-3-6-19(27)15-17)29(26(32)25(22)31)10-4-9-28-11-13-35-14-12-28/h3,5-8,15-16,23,30H,4,9-14H2,1-2H3/b24-22+/t23-/m0/s1. The molecule has 9 heteroatoms. The summed E-state index contributed by atoms with van der Waals surface area (Å²) in [7, 11) is 3.00. The molecule has 4 rings (SSSR count). The highest BCUT2D eigenvalue weighted by Crippen LogP contribution is 2.41. The molecule has 0 radical (unpaired) electrons. The molecule has 0 aliphatic carbocycles. The first-order chi connectivity index (χ1) is 16.9. The SMILES string of the molecule is COc1ccc(/C(O)=C2\C(=O)C(=O)N(CCCN3CCOCC3)[C@H]2c2cccc(Cl)c2)cc1OC. The molecule has 2 aromatic carbocycles. The van der Waals surface area contributed by atoms with Crippen molar-refractivity contribution >= 4 is 29.1 Å². The molecule has 2 aliphatic rings. The van der Waals surface area contributed by atoms with Crippen molar-refractivity contribution in [1.29, 1.82) is 0 Å². The van der Waals surface area contributed by atoms with E-state index in [1.165, 1.54) is 19.1 Å². The summed E-state index contributed by atoms with van der Waals surface area (Å²) in [4.78, 5) is 30.2. The van der Waals surface area contributed by atoms with Crippen LogP contribution in [0.3, 0.4) is 0 Å². The lowest BCUT2D eigenvalue weighted by atomic mass is 9.95. The van der Waals surface area contributed by atoms with Crippen LogP contribution in [-0.2, 0) is 14.3 Å². The van der Waals surface area contributed by atoms with Crippen LogP contribution in [-0.4, -0.2) is 80.2 Å². The van der Waals surface area contributed by atoms with E-state index in [4.69, 9.17) is 25.8 Å². The number of rotatable bonds is 8. The Balaban J connectivity index is 1.70. The van der Waals surface area contributed by atoms with Crippen LogP contribution < -0.4 is 9.47 Å². The average Bonchev–Trinajstić information content (AvgIpc) is 3.13. The van der Waals surface area contributed by atoms with Crippen molar-refractivity contribution in [3.8, 4) is 11.5 Å². The molecule has 0 aromatic heterocycles. The van der Waals surface area contributed by atoms with Gasteiger partial charge in [0.1, 0.15) is 5.76 Å². The number of aliphatic hydroxyl groups excluding tert-OH is 1. The van der Waals surface area contributed by atoms with Crippen molar-refractivity contribution in [2.75, 3.05) is 53.6 Å². The minimum absolute atomic E-state index is 0.0239. The maximum atomic E-state index is 13.2. The van der Waals surface area contributed by atoms with Crippen LogP contribution in [0.15, 0.2) is 48.0 Å². The second kappa shape index (κ2) is 11.1. The van der Waals surface area contributed by atoms with E-state index >= 15 is 0 Å². The summed E-state index contributed by atoms with van der Waals surface area (Å²) in [6.45, 7) is 4.22. The van der Waals surface area contributed by atoms with Crippen molar-refractivity contribution < 1.29 is 28.9 Å². The normalized spacial score (nSPS) is 20.3. The fraction of sp³-hybridized carbons (Fsp3) is 0.385. The Morgan fingerprint density at radius 3 is 2.49 bits per heavy atom. The molecule has 1 amide bonds. The van der Waals surface area contributed by atoms with Gasteiger partial charge in [0.25, 0.3) is 11.7 Å². The van der Waals surface area contributed by atoms with Crippen LogP contribution in [0.5, 0.6) is 11.5 Å². The van der Waals surface area contributed by atoms with Gasteiger partial charge >= 0.3 is 0 Å². The summed E-state index contributed by atoms with van der Waals surface area (Å²) in [6.07, 6.45) is 0.681. The molecule has 0 saturated carbocycles. The minimum atomic E-state index is -0.758. The van der Waals surface area contributed by atoms with Gasteiger partial charge in [-0.25, -0.2) is 0 Å². The number of aliphatic hydroxyl groups is 1. The lowest BCUT2D eigenvalue weighted by Gasteiger charge is -2.29. The van der Waals surface area contributed by atoms with E-state index in [2.05, 4.69) is 4.90 Å². The summed E-state index contributed by atoms with van der Waals surface area (Å²) in [5.74, 6) is -0.757. The Hall–Kier alpha value is -3.07. The number of carbonyl (C=O) groups excluding carboxylic acids is 2. The van der Waals surface area contributed by atoms with E-state index in [0.717, 1.165) is 19.6 Å². The van der Waals surface area contributed by atoms with Gasteiger partial charge in [-0.2, -0.15) is 0 Å². The Bertz CT molecular complexity index is 1130. The topological polar surface area (TPSA) is 88.5 Å². The molecule has 2 heterocycles. The number of benzene rings is 2. The lowest BCUT2D eigenvalue weighted by Crippen LogP contribution is -2.38. The van der Waals surface area contributed by atoms with Crippen LogP contribution in [0.2, 0.25) is 5.02 Å². The summed E-state index contributed by atoms with van der Waals surface area (Å²) >= 11 is 6.25. The predicted molar refractivity (Wildman–Crippen MR) is 132 cm³/mol. The number of hydrogen-bond donors (Lipinski definition) is 1. The number of hydrogen-bond acceptors (Lipinski definition) is 7. The zero-order valence-corrected chi connectivity index (χ0v) is 20.6. The largest absolute Gasteiger partial charge is 0.507 e. The number of halogens is 1. The van der Waals surface area contributed by atoms with E-state index in [1.807, 2.05) is 0 Å². The Kier molecular flexibility index (Phi) is 7.95. The number of carbonyl (C=O) groups is 2. The Morgan fingerprint density at radius 2 is 1.80 bits per heavy atom. The molecule has 0 bridgehead atoms. The smallest absolute Gasteiger partial charge is 0.295 e. The maximum Gasteiger partial charge on any atom is 0.295 e. The average molecular weight is 501 g/mol. The molecule has 8 nitrogen and oxygen atoms in total. The number of Topliss-reactive ketones (excluding diaryl/α,β-unsaturated/α-hetero) is 1. The molecule has 2 aromatic rings. The maximum absolute atomic E-state index is 13.2. The molecular weight excluding hydrogens is 472 g/mol. The van der Waals surface area contributed by atoms with Crippen molar-refractivity contribution in [3.05, 3.63) is 64.2 Å². The van der Waals surface area contributed by atoms with Gasteiger partial charge in [0.2, 0.25) is 0 Å². The molecule has 186 valence electrons. The molecule has 2 saturated heterocycles. The zero-order valence-electron chi connectivity index (χ0n) is 19.8. The van der Waals surface area contributed by atoms with Gasteiger partial charge in [-0.1, -0.05) is 23.7 Å². The second-order valence-corrected chi connectivity index (χ2v) is 8.86. The molecule has 2 fully saturated rings. The summed E-state index contributed by atoms with van der Waals surface area (Å²) in [6, 6.07) is 11.1. The quantitative estimate of drug-likeness (QED) is 0.337. The Labute approximate surface area is 209 Å². The number of methoxy groups -OCH3 is 2. The number of nitrogens with zero attached hydrogens (tertiary/aromatic N) is 2. The zero-order chi connectivity index (χ0) is 24.9. The lowest BCUT2D eigenvalue weighted by molar-refractivity contribution is -0.140. The predicted octanol–water partition coefficient (Wildman–Crippen LogP) is 3.50. The van der Waals surface area contributed by atoms with Crippen molar-refractivity contribution in [1.82, 2.24) is 9.80 Å². The van der Waals surface area contributed by atoms with Gasteiger partial charge in [0.05, 0.1) is 39.0 Å². The monoisotopic (exact) mass is 500 g/mol. The van der Waals surface area contributed by atoms with Gasteiger partial charge in [0.15, 0.2) is 11.5 Å². The highest BCUT2D eigenvalue weighted by atomic mass is 35.5. The second-order valence-electron chi connectivity index (χ2n) is 8.42. The van der Waals surface area contributed by atoms with Crippen LogP contribution in [0.4, 0.5) is 0 Å². The summed E-state index contributed by atoms with van der Waals surface area (Å²) in [5.41, 5.74) is 1.03. The third kappa shape index (κ3) is 5.29. The van der Waals surface area contributed by atoms with E-state index < -0.39 is 17.7 Å². The molecule has 0 spiro atoms. The molecule has 1 N–H and O–H groups in total. The van der Waals surface area contributed by atoms with Gasteiger partial charge in [-0.15, -0.1) is 0 Å². The van der Waals surface area contributed by atoms with Crippen LogP contribution in [0.1, 0.15) is 23.6 Å². The molecule has 2 aliphatic heterocycles. The van der Waals surface area contributed by atoms with Crippen LogP contribution >= 0.6 is 11.6 Å². The third-order valence-electron chi connectivity index (χ3n) is 6.34. The van der Waals surface area contributed by atoms with Crippen LogP contribution in [0, 0.1) is 0 Å². The first-order valence-corrected chi connectivity index (χ1v) is 11.9. The summed E-state index contributed by atoms with van der Waals surface area (Å²) in [5, 5.41) is 11.7. The van der Waals surface area contributed by atoms with E-state index in [9.17, 15) is 14.7 Å². The van der Waals surface area contributed by atoms with Gasteiger partial charge in [0, 0.05) is 36.8 Å². The van der Waals surface area contributed by atoms with Gasteiger partial charge < -0.3 is 24.2 Å². The summed E-state index contributed by atoms with van der Waals surface area (Å²) < 4.78 is 16.0. The number of amides is 1. The fourth-order valence-electron chi connectivity index (χ4n) is 4.56. The van der Waals surface area contributed by atoms with Crippen LogP contribution in [0.25, 0.3) is 5.76 Å². The number of ether oxygens (including phenoxy) is 3. The van der Waals surface area contributed by atoms with Crippen molar-refractivity contribution in [2.45, 2.75) is 12.5 Å². The van der Waals surface area contributed by atoms with E-state index in [0.29, 0.717) is 53.8 Å². The fourth-order valence-corrected chi connectivity index (χ4v) is 4.76.